The molecule has 2 rings (SSSR count). The van der Waals surface area contributed by atoms with Crippen LogP contribution < -0.4 is 5.32 Å². The first-order chi connectivity index (χ1) is 7.68. The molecular weight excluding hydrogens is 204 g/mol. The summed E-state index contributed by atoms with van der Waals surface area (Å²) in [7, 11) is 0. The van der Waals surface area contributed by atoms with Crippen molar-refractivity contribution < 1.29 is 4.92 Å². The van der Waals surface area contributed by atoms with Gasteiger partial charge in [0.2, 0.25) is 0 Å². The van der Waals surface area contributed by atoms with E-state index in [1.165, 1.54) is 12.8 Å². The van der Waals surface area contributed by atoms with Crippen molar-refractivity contribution in [1.82, 2.24) is 5.32 Å². The van der Waals surface area contributed by atoms with Gasteiger partial charge in [0, 0.05) is 17.7 Å². The van der Waals surface area contributed by atoms with Gasteiger partial charge in [-0.05, 0) is 31.9 Å². The molecule has 1 aromatic carbocycles. The summed E-state index contributed by atoms with van der Waals surface area (Å²) in [5.41, 5.74) is 1.99. The van der Waals surface area contributed by atoms with Crippen molar-refractivity contribution in [2.75, 3.05) is 6.54 Å². The van der Waals surface area contributed by atoms with Crippen molar-refractivity contribution in [3.05, 3.63) is 39.4 Å². The van der Waals surface area contributed by atoms with E-state index in [9.17, 15) is 10.1 Å². The average Bonchev–Trinajstić information content (AvgIpc) is 2.30. The quantitative estimate of drug-likeness (QED) is 0.616. The van der Waals surface area contributed by atoms with Gasteiger partial charge in [-0.1, -0.05) is 18.6 Å². The van der Waals surface area contributed by atoms with Crippen molar-refractivity contribution in [3.63, 3.8) is 0 Å². The number of piperidine rings is 1. The van der Waals surface area contributed by atoms with Crippen LogP contribution >= 0.6 is 0 Å². The lowest BCUT2D eigenvalue weighted by molar-refractivity contribution is -0.385. The van der Waals surface area contributed by atoms with E-state index in [0.29, 0.717) is 0 Å². The minimum absolute atomic E-state index is 0.227. The zero-order valence-corrected chi connectivity index (χ0v) is 9.40. The molecule has 0 unspecified atom stereocenters. The van der Waals surface area contributed by atoms with Gasteiger partial charge in [-0.25, -0.2) is 0 Å². The normalized spacial score (nSPS) is 20.7. The van der Waals surface area contributed by atoms with Crippen molar-refractivity contribution in [1.29, 1.82) is 0 Å². The smallest absolute Gasteiger partial charge is 0.272 e. The minimum Gasteiger partial charge on any atom is -0.310 e. The van der Waals surface area contributed by atoms with Crippen LogP contribution in [0.1, 0.15) is 36.4 Å². The van der Waals surface area contributed by atoms with Gasteiger partial charge >= 0.3 is 0 Å². The van der Waals surface area contributed by atoms with E-state index < -0.39 is 0 Å². The first-order valence-electron chi connectivity index (χ1n) is 5.67. The van der Waals surface area contributed by atoms with Gasteiger partial charge < -0.3 is 5.32 Å². The fourth-order valence-electron chi connectivity index (χ4n) is 2.18. The van der Waals surface area contributed by atoms with Gasteiger partial charge in [0.05, 0.1) is 4.92 Å². The Morgan fingerprint density at radius 3 is 2.88 bits per heavy atom. The Hall–Kier alpha value is -1.42. The van der Waals surface area contributed by atoms with E-state index in [1.54, 1.807) is 13.0 Å². The molecule has 1 N–H and O–H groups in total. The summed E-state index contributed by atoms with van der Waals surface area (Å²) in [6.07, 6.45) is 3.46. The highest BCUT2D eigenvalue weighted by atomic mass is 16.6. The molecule has 1 heterocycles. The molecule has 0 aromatic heterocycles. The van der Waals surface area contributed by atoms with E-state index in [-0.39, 0.29) is 16.7 Å². The molecule has 1 fully saturated rings. The fourth-order valence-corrected chi connectivity index (χ4v) is 2.18. The lowest BCUT2D eigenvalue weighted by Gasteiger charge is -2.23. The van der Waals surface area contributed by atoms with Gasteiger partial charge in [-0.2, -0.15) is 0 Å². The van der Waals surface area contributed by atoms with E-state index in [2.05, 4.69) is 5.32 Å². The number of nitro groups is 1. The predicted molar refractivity (Wildman–Crippen MR) is 62.4 cm³/mol. The van der Waals surface area contributed by atoms with Crippen molar-refractivity contribution in [2.24, 2.45) is 0 Å². The molecule has 0 aliphatic carbocycles. The number of nitrogens with zero attached hydrogens (tertiary/aromatic N) is 1. The summed E-state index contributed by atoms with van der Waals surface area (Å²) in [4.78, 5) is 10.5. The highest BCUT2D eigenvalue weighted by Gasteiger charge is 2.18. The molecule has 1 aliphatic rings. The molecule has 86 valence electrons. The molecule has 0 saturated carbocycles. The summed E-state index contributed by atoms with van der Waals surface area (Å²) in [6, 6.07) is 5.82. The fraction of sp³-hybridized carbons (Fsp3) is 0.500. The lowest BCUT2D eigenvalue weighted by Crippen LogP contribution is -2.26. The van der Waals surface area contributed by atoms with Crippen molar-refractivity contribution in [2.45, 2.75) is 32.2 Å². The molecule has 16 heavy (non-hydrogen) atoms. The largest absolute Gasteiger partial charge is 0.310 e. The van der Waals surface area contributed by atoms with Crippen LogP contribution in [-0.2, 0) is 0 Å². The zero-order chi connectivity index (χ0) is 11.5. The van der Waals surface area contributed by atoms with Crippen LogP contribution in [-0.4, -0.2) is 11.5 Å². The van der Waals surface area contributed by atoms with Gasteiger partial charge in [-0.15, -0.1) is 0 Å². The number of aryl methyl sites for hydroxylation is 1. The topological polar surface area (TPSA) is 55.2 Å². The Bertz CT molecular complexity index is 398. The average molecular weight is 220 g/mol. The molecule has 4 nitrogen and oxygen atoms in total. The first-order valence-corrected chi connectivity index (χ1v) is 5.67. The van der Waals surface area contributed by atoms with E-state index >= 15 is 0 Å². The number of hydrogen-bond acceptors (Lipinski definition) is 3. The second-order valence-electron chi connectivity index (χ2n) is 4.31. The Balaban J connectivity index is 2.27. The maximum atomic E-state index is 10.8. The van der Waals surface area contributed by atoms with Gasteiger partial charge in [0.1, 0.15) is 0 Å². The Kier molecular flexibility index (Phi) is 3.19. The monoisotopic (exact) mass is 220 g/mol. The third kappa shape index (κ3) is 2.22. The van der Waals surface area contributed by atoms with Crippen LogP contribution in [0.25, 0.3) is 0 Å². The zero-order valence-electron chi connectivity index (χ0n) is 9.40. The molecule has 1 aliphatic heterocycles. The third-order valence-corrected chi connectivity index (χ3v) is 3.14. The predicted octanol–water partition coefficient (Wildman–Crippen LogP) is 2.72. The van der Waals surface area contributed by atoms with Crippen LogP contribution in [0.3, 0.4) is 0 Å². The molecular formula is C12H16N2O2. The molecule has 0 spiro atoms. The van der Waals surface area contributed by atoms with E-state index in [0.717, 1.165) is 24.1 Å². The SMILES string of the molecule is Cc1ccc([C@@H]2CCCCN2)cc1[N+](=O)[O-]. The van der Waals surface area contributed by atoms with E-state index in [4.69, 9.17) is 0 Å². The summed E-state index contributed by atoms with van der Waals surface area (Å²) in [5.74, 6) is 0. The number of hydrogen-bond donors (Lipinski definition) is 1. The number of rotatable bonds is 2. The molecule has 0 bridgehead atoms. The van der Waals surface area contributed by atoms with Gasteiger partial charge in [-0.3, -0.25) is 10.1 Å². The second kappa shape index (κ2) is 4.61. The Labute approximate surface area is 94.8 Å². The summed E-state index contributed by atoms with van der Waals surface area (Å²) in [6.45, 7) is 2.78. The van der Waals surface area contributed by atoms with Crippen LogP contribution in [0, 0.1) is 17.0 Å². The molecule has 4 heteroatoms. The van der Waals surface area contributed by atoms with E-state index in [1.807, 2.05) is 12.1 Å². The molecule has 0 amide bonds. The second-order valence-corrected chi connectivity index (χ2v) is 4.31. The minimum atomic E-state index is -0.304. The third-order valence-electron chi connectivity index (χ3n) is 3.14. The number of benzene rings is 1. The molecule has 1 saturated heterocycles. The maximum Gasteiger partial charge on any atom is 0.272 e. The lowest BCUT2D eigenvalue weighted by atomic mass is 9.96. The number of nitrogens with one attached hydrogen (secondary N) is 1. The van der Waals surface area contributed by atoms with Crippen LogP contribution in [0.4, 0.5) is 5.69 Å². The summed E-state index contributed by atoms with van der Waals surface area (Å²) >= 11 is 0. The van der Waals surface area contributed by atoms with Crippen LogP contribution in [0.15, 0.2) is 18.2 Å². The highest BCUT2D eigenvalue weighted by molar-refractivity contribution is 5.43. The first kappa shape index (κ1) is 11.1. The standard InChI is InChI=1S/C12H16N2O2/c1-9-5-6-10(8-12(9)14(15)16)11-4-2-3-7-13-11/h5-6,8,11,13H,2-4,7H2,1H3/t11-/m0/s1. The van der Waals surface area contributed by atoms with Gasteiger partial charge in [0.15, 0.2) is 0 Å². The van der Waals surface area contributed by atoms with Crippen LogP contribution in [0.5, 0.6) is 0 Å². The summed E-state index contributed by atoms with van der Waals surface area (Å²) < 4.78 is 0. The maximum absolute atomic E-state index is 10.8. The van der Waals surface area contributed by atoms with Gasteiger partial charge in [0.25, 0.3) is 5.69 Å². The number of nitro benzene ring substituents is 1. The van der Waals surface area contributed by atoms with Crippen molar-refractivity contribution >= 4 is 5.69 Å². The molecule has 0 radical (unpaired) electrons. The summed E-state index contributed by atoms with van der Waals surface area (Å²) in [5, 5.41) is 14.2. The van der Waals surface area contributed by atoms with Crippen LogP contribution in [0.2, 0.25) is 0 Å². The highest BCUT2D eigenvalue weighted by Crippen LogP contribution is 2.27. The Morgan fingerprint density at radius 1 is 1.44 bits per heavy atom. The van der Waals surface area contributed by atoms with Crippen molar-refractivity contribution in [3.8, 4) is 0 Å². The molecule has 1 aromatic rings. The molecule has 1 atom stereocenters. The Morgan fingerprint density at radius 2 is 2.25 bits per heavy atom.